The second-order valence-electron chi connectivity index (χ2n) is 4.99. The molecule has 0 unspecified atom stereocenters. The van der Waals surface area contributed by atoms with Crippen LogP contribution in [0.3, 0.4) is 0 Å². The van der Waals surface area contributed by atoms with Crippen LogP contribution >= 0.6 is 11.6 Å². The summed E-state index contributed by atoms with van der Waals surface area (Å²) in [6.45, 7) is 1.41. The summed E-state index contributed by atoms with van der Waals surface area (Å²) in [7, 11) is 0. The smallest absolute Gasteiger partial charge is 0.351 e. The number of anilines is 1. The van der Waals surface area contributed by atoms with Crippen molar-refractivity contribution in [3.05, 3.63) is 22.7 Å². The third kappa shape index (κ3) is 2.20. The van der Waals surface area contributed by atoms with Crippen molar-refractivity contribution < 1.29 is 14.9 Å². The zero-order chi connectivity index (χ0) is 15.0. The van der Waals surface area contributed by atoms with E-state index in [1.165, 1.54) is 12.3 Å². The van der Waals surface area contributed by atoms with Gasteiger partial charge in [0.25, 0.3) is 0 Å². The summed E-state index contributed by atoms with van der Waals surface area (Å²) in [5.74, 6) is 0.0712. The summed E-state index contributed by atoms with van der Waals surface area (Å²) in [5.41, 5.74) is 3.59. The Morgan fingerprint density at radius 2 is 2.40 bits per heavy atom. The molecule has 0 spiro atoms. The van der Waals surface area contributed by atoms with Gasteiger partial charge < -0.3 is 20.7 Å². The lowest BCUT2D eigenvalue weighted by atomic mass is 9.90. The Morgan fingerprint density at radius 1 is 1.70 bits per heavy atom. The van der Waals surface area contributed by atoms with Gasteiger partial charge in [-0.25, -0.2) is 4.79 Å². The SMILES string of the molecule is CCC[C@]1(CO)OC[C@@](Cl)(n2ccc(N)nc2=O)[C@@H]1O. The van der Waals surface area contributed by atoms with Crippen LogP contribution in [0.25, 0.3) is 0 Å². The van der Waals surface area contributed by atoms with Gasteiger partial charge in [0.15, 0.2) is 5.00 Å². The summed E-state index contributed by atoms with van der Waals surface area (Å²) in [6, 6.07) is 1.41. The molecule has 2 heterocycles. The molecule has 4 N–H and O–H groups in total. The quantitative estimate of drug-likeness (QED) is 0.655. The number of aliphatic hydroxyl groups excluding tert-OH is 2. The number of nitrogen functional groups attached to an aromatic ring is 1. The van der Waals surface area contributed by atoms with Gasteiger partial charge in [-0.2, -0.15) is 4.98 Å². The number of rotatable bonds is 4. The van der Waals surface area contributed by atoms with E-state index in [-0.39, 0.29) is 19.0 Å². The van der Waals surface area contributed by atoms with E-state index in [0.717, 1.165) is 4.57 Å². The molecule has 0 amide bonds. The van der Waals surface area contributed by atoms with Crippen LogP contribution in [0.5, 0.6) is 0 Å². The number of ether oxygens (including phenoxy) is 1. The van der Waals surface area contributed by atoms with Crippen LogP contribution in [-0.4, -0.2) is 44.7 Å². The maximum absolute atomic E-state index is 11.9. The van der Waals surface area contributed by atoms with E-state index in [2.05, 4.69) is 4.98 Å². The number of hydrogen-bond acceptors (Lipinski definition) is 6. The van der Waals surface area contributed by atoms with E-state index in [1.807, 2.05) is 6.92 Å². The molecule has 0 aromatic carbocycles. The highest BCUT2D eigenvalue weighted by atomic mass is 35.5. The highest BCUT2D eigenvalue weighted by molar-refractivity contribution is 6.22. The van der Waals surface area contributed by atoms with Gasteiger partial charge in [0.1, 0.15) is 17.5 Å². The van der Waals surface area contributed by atoms with Gasteiger partial charge in [-0.3, -0.25) is 4.57 Å². The first-order valence-corrected chi connectivity index (χ1v) is 6.75. The Bertz CT molecular complexity index is 552. The molecule has 1 saturated heterocycles. The number of nitrogens with two attached hydrogens (primary N) is 1. The summed E-state index contributed by atoms with van der Waals surface area (Å²) >= 11 is 6.40. The molecular weight excluding hydrogens is 286 g/mol. The van der Waals surface area contributed by atoms with Gasteiger partial charge >= 0.3 is 5.69 Å². The fourth-order valence-corrected chi connectivity index (χ4v) is 2.93. The lowest BCUT2D eigenvalue weighted by Gasteiger charge is -2.33. The number of nitrogens with zero attached hydrogens (tertiary/aromatic N) is 2. The highest BCUT2D eigenvalue weighted by Crippen LogP contribution is 2.43. The van der Waals surface area contributed by atoms with Crippen LogP contribution in [-0.2, 0) is 9.73 Å². The van der Waals surface area contributed by atoms with Crippen molar-refractivity contribution in [3.8, 4) is 0 Å². The summed E-state index contributed by atoms with van der Waals surface area (Å²) in [4.78, 5) is 14.0. The largest absolute Gasteiger partial charge is 0.393 e. The molecular formula is C12H18ClN3O4. The molecule has 1 aromatic heterocycles. The molecule has 0 bridgehead atoms. The number of aromatic nitrogens is 2. The molecule has 3 atom stereocenters. The average Bonchev–Trinajstić information content (AvgIpc) is 2.66. The van der Waals surface area contributed by atoms with Gasteiger partial charge in [0.05, 0.1) is 13.2 Å². The van der Waals surface area contributed by atoms with Crippen molar-refractivity contribution in [2.45, 2.75) is 36.5 Å². The summed E-state index contributed by atoms with van der Waals surface area (Å²) < 4.78 is 6.63. The second-order valence-corrected chi connectivity index (χ2v) is 5.64. The van der Waals surface area contributed by atoms with Crippen molar-refractivity contribution in [1.82, 2.24) is 9.55 Å². The first-order chi connectivity index (χ1) is 9.39. The fraction of sp³-hybridized carbons (Fsp3) is 0.667. The van der Waals surface area contributed by atoms with E-state index in [9.17, 15) is 15.0 Å². The molecule has 0 saturated carbocycles. The van der Waals surface area contributed by atoms with Crippen molar-refractivity contribution in [1.29, 1.82) is 0 Å². The van der Waals surface area contributed by atoms with Gasteiger partial charge in [-0.1, -0.05) is 24.9 Å². The van der Waals surface area contributed by atoms with Crippen LogP contribution in [0, 0.1) is 0 Å². The lowest BCUT2D eigenvalue weighted by Crippen LogP contribution is -2.53. The lowest BCUT2D eigenvalue weighted by molar-refractivity contribution is -0.0978. The second kappa shape index (κ2) is 5.33. The minimum Gasteiger partial charge on any atom is -0.393 e. The summed E-state index contributed by atoms with van der Waals surface area (Å²) in [6.07, 6.45) is 1.24. The average molecular weight is 304 g/mol. The Morgan fingerprint density at radius 3 is 2.95 bits per heavy atom. The monoisotopic (exact) mass is 303 g/mol. The Hall–Kier alpha value is -1.15. The molecule has 1 aromatic rings. The van der Waals surface area contributed by atoms with Crippen LogP contribution in [0.2, 0.25) is 0 Å². The maximum Gasteiger partial charge on any atom is 0.351 e. The zero-order valence-electron chi connectivity index (χ0n) is 11.1. The van der Waals surface area contributed by atoms with Crippen LogP contribution in [0.15, 0.2) is 17.1 Å². The van der Waals surface area contributed by atoms with E-state index in [0.29, 0.717) is 12.8 Å². The van der Waals surface area contributed by atoms with Crippen LogP contribution in [0.1, 0.15) is 19.8 Å². The normalized spacial score (nSPS) is 33.5. The number of alkyl halides is 1. The molecule has 7 nitrogen and oxygen atoms in total. The summed E-state index contributed by atoms with van der Waals surface area (Å²) in [5, 5.41) is 20.0. The molecule has 0 radical (unpaired) electrons. The van der Waals surface area contributed by atoms with Crippen LogP contribution < -0.4 is 11.4 Å². The Kier molecular flexibility index (Phi) is 4.06. The number of aliphatic hydroxyl groups is 2. The number of hydrogen-bond donors (Lipinski definition) is 3. The first kappa shape index (κ1) is 15.2. The number of halogens is 1. The highest BCUT2D eigenvalue weighted by Gasteiger charge is 2.58. The molecule has 1 fully saturated rings. The molecule has 8 heteroatoms. The van der Waals surface area contributed by atoms with E-state index < -0.39 is 22.4 Å². The predicted octanol–water partition coefficient (Wildman–Crippen LogP) is -0.361. The van der Waals surface area contributed by atoms with Gasteiger partial charge in [0.2, 0.25) is 0 Å². The van der Waals surface area contributed by atoms with E-state index in [1.54, 1.807) is 0 Å². The minimum absolute atomic E-state index is 0.0712. The fourth-order valence-electron chi connectivity index (χ4n) is 2.55. The van der Waals surface area contributed by atoms with Crippen molar-refractivity contribution in [3.63, 3.8) is 0 Å². The molecule has 112 valence electrons. The first-order valence-electron chi connectivity index (χ1n) is 6.37. The molecule has 1 aliphatic heterocycles. The topological polar surface area (TPSA) is 111 Å². The Labute approximate surface area is 121 Å². The molecule has 0 aliphatic carbocycles. The zero-order valence-corrected chi connectivity index (χ0v) is 11.9. The van der Waals surface area contributed by atoms with Crippen molar-refractivity contribution >= 4 is 17.4 Å². The van der Waals surface area contributed by atoms with Gasteiger partial charge in [-0.15, -0.1) is 0 Å². The van der Waals surface area contributed by atoms with E-state index in [4.69, 9.17) is 22.1 Å². The third-order valence-electron chi connectivity index (χ3n) is 3.65. The minimum atomic E-state index is -1.50. The van der Waals surface area contributed by atoms with Crippen molar-refractivity contribution in [2.24, 2.45) is 0 Å². The molecule has 20 heavy (non-hydrogen) atoms. The van der Waals surface area contributed by atoms with Crippen molar-refractivity contribution in [2.75, 3.05) is 18.9 Å². The van der Waals surface area contributed by atoms with Gasteiger partial charge in [-0.05, 0) is 12.5 Å². The van der Waals surface area contributed by atoms with Crippen LogP contribution in [0.4, 0.5) is 5.82 Å². The molecule has 2 rings (SSSR count). The molecule has 1 aliphatic rings. The Balaban J connectivity index is 2.44. The van der Waals surface area contributed by atoms with E-state index >= 15 is 0 Å². The predicted molar refractivity (Wildman–Crippen MR) is 73.4 cm³/mol. The standard InChI is InChI=1S/C12H18ClN3O4/c1-2-4-11(6-17)9(18)12(13,7-20-11)16-5-3-8(14)15-10(16)19/h3,5,9,17-18H,2,4,6-7H2,1H3,(H2,14,15,19)/t9-,11-,12-/m1/s1. The van der Waals surface area contributed by atoms with Gasteiger partial charge in [0, 0.05) is 6.20 Å². The maximum atomic E-state index is 11.9. The third-order valence-corrected chi connectivity index (χ3v) is 4.14.